The van der Waals surface area contributed by atoms with Crippen molar-refractivity contribution in [1.29, 1.82) is 0 Å². The van der Waals surface area contributed by atoms with Gasteiger partial charge < -0.3 is 5.32 Å². The first kappa shape index (κ1) is 14.5. The molecular formula is C17H13N5OS. The largest absolute Gasteiger partial charge is 0.324 e. The van der Waals surface area contributed by atoms with Crippen LogP contribution in [0.15, 0.2) is 60.0 Å². The molecule has 0 aliphatic carbocycles. The van der Waals surface area contributed by atoms with E-state index in [1.165, 1.54) is 9.38 Å². The molecule has 0 saturated carbocycles. The van der Waals surface area contributed by atoms with Crippen LogP contribution in [-0.4, -0.2) is 26.1 Å². The van der Waals surface area contributed by atoms with Crippen LogP contribution in [-0.2, 0) is 11.3 Å². The second-order valence-corrected chi connectivity index (χ2v) is 6.20. The van der Waals surface area contributed by atoms with Crippen molar-refractivity contribution in [3.8, 4) is 11.4 Å². The Labute approximate surface area is 141 Å². The van der Waals surface area contributed by atoms with Gasteiger partial charge in [0.2, 0.25) is 5.91 Å². The van der Waals surface area contributed by atoms with E-state index in [9.17, 15) is 4.79 Å². The van der Waals surface area contributed by atoms with Crippen LogP contribution in [0.3, 0.4) is 0 Å². The molecule has 0 saturated heterocycles. The molecule has 2 heterocycles. The van der Waals surface area contributed by atoms with Crippen molar-refractivity contribution in [2.45, 2.75) is 6.54 Å². The number of nitrogens with zero attached hydrogens (tertiary/aromatic N) is 4. The van der Waals surface area contributed by atoms with Crippen molar-refractivity contribution in [2.75, 3.05) is 5.32 Å². The number of hydrogen-bond acceptors (Lipinski definition) is 5. The molecule has 118 valence electrons. The molecular weight excluding hydrogens is 322 g/mol. The van der Waals surface area contributed by atoms with Gasteiger partial charge in [-0.05, 0) is 45.5 Å². The molecule has 4 aromatic rings. The predicted molar refractivity (Wildman–Crippen MR) is 93.7 cm³/mol. The number of amides is 1. The Morgan fingerprint density at radius 1 is 1.12 bits per heavy atom. The minimum atomic E-state index is -0.172. The summed E-state index contributed by atoms with van der Waals surface area (Å²) in [6, 6.07) is 17.4. The Balaban J connectivity index is 1.51. The summed E-state index contributed by atoms with van der Waals surface area (Å²) >= 11 is 1.67. The van der Waals surface area contributed by atoms with E-state index in [4.69, 9.17) is 0 Å². The normalized spacial score (nSPS) is 10.8. The quantitative estimate of drug-likeness (QED) is 0.621. The van der Waals surface area contributed by atoms with Gasteiger partial charge in [0.05, 0.1) is 0 Å². The van der Waals surface area contributed by atoms with Crippen LogP contribution in [0.25, 0.3) is 21.5 Å². The minimum absolute atomic E-state index is 0.0545. The summed E-state index contributed by atoms with van der Waals surface area (Å²) in [6.07, 6.45) is 0. The van der Waals surface area contributed by atoms with E-state index in [1.807, 2.05) is 60.0 Å². The summed E-state index contributed by atoms with van der Waals surface area (Å²) in [4.78, 5) is 12.3. The van der Waals surface area contributed by atoms with Crippen LogP contribution < -0.4 is 5.32 Å². The molecule has 7 heteroatoms. The van der Waals surface area contributed by atoms with Crippen molar-refractivity contribution in [1.82, 2.24) is 20.2 Å². The maximum absolute atomic E-state index is 12.3. The molecule has 6 nitrogen and oxygen atoms in total. The van der Waals surface area contributed by atoms with Crippen LogP contribution >= 0.6 is 11.3 Å². The number of nitrogens with one attached hydrogen (secondary N) is 1. The molecule has 4 rings (SSSR count). The Kier molecular flexibility index (Phi) is 3.76. The average Bonchev–Trinajstić information content (AvgIpc) is 3.24. The molecule has 0 radical (unpaired) electrons. The highest BCUT2D eigenvalue weighted by Gasteiger charge is 2.12. The summed E-state index contributed by atoms with van der Waals surface area (Å²) in [7, 11) is 0. The third-order valence-corrected chi connectivity index (χ3v) is 4.49. The van der Waals surface area contributed by atoms with E-state index in [-0.39, 0.29) is 12.5 Å². The standard InChI is InChI=1S/C17H13N5OS/c23-16(18-14-6-7-15-13(10-14)8-9-24-15)11-22-17(19-20-21-22)12-4-2-1-3-5-12/h1-10H,11H2,(H,18,23). The number of aromatic nitrogens is 4. The van der Waals surface area contributed by atoms with Crippen LogP contribution in [0.1, 0.15) is 0 Å². The zero-order chi connectivity index (χ0) is 16.4. The zero-order valence-electron chi connectivity index (χ0n) is 12.6. The van der Waals surface area contributed by atoms with Crippen molar-refractivity contribution >= 4 is 33.0 Å². The van der Waals surface area contributed by atoms with Gasteiger partial charge in [-0.25, -0.2) is 4.68 Å². The van der Waals surface area contributed by atoms with E-state index in [1.54, 1.807) is 11.3 Å². The van der Waals surface area contributed by atoms with Gasteiger partial charge in [0, 0.05) is 16.0 Å². The van der Waals surface area contributed by atoms with Gasteiger partial charge in [0.15, 0.2) is 5.82 Å². The van der Waals surface area contributed by atoms with Crippen molar-refractivity contribution in [3.05, 3.63) is 60.0 Å². The Hall–Kier alpha value is -3.06. The van der Waals surface area contributed by atoms with Crippen molar-refractivity contribution < 1.29 is 4.79 Å². The zero-order valence-corrected chi connectivity index (χ0v) is 13.4. The molecule has 0 spiro atoms. The SMILES string of the molecule is O=C(Cn1nnnc1-c1ccccc1)Nc1ccc2sccc2c1. The lowest BCUT2D eigenvalue weighted by Crippen LogP contribution is -2.20. The molecule has 0 aliphatic heterocycles. The second-order valence-electron chi connectivity index (χ2n) is 5.25. The lowest BCUT2D eigenvalue weighted by molar-refractivity contribution is -0.116. The predicted octanol–water partition coefficient (Wildman–Crippen LogP) is 3.19. The molecule has 0 atom stereocenters. The number of carbonyl (C=O) groups is 1. The van der Waals surface area contributed by atoms with Gasteiger partial charge >= 0.3 is 0 Å². The molecule has 2 aromatic heterocycles. The molecule has 24 heavy (non-hydrogen) atoms. The number of tetrazole rings is 1. The number of thiophene rings is 1. The highest BCUT2D eigenvalue weighted by Crippen LogP contribution is 2.24. The summed E-state index contributed by atoms with van der Waals surface area (Å²) in [6.45, 7) is 0.0545. The van der Waals surface area contributed by atoms with Crippen LogP contribution in [0.4, 0.5) is 5.69 Å². The van der Waals surface area contributed by atoms with Crippen molar-refractivity contribution in [2.24, 2.45) is 0 Å². The van der Waals surface area contributed by atoms with Gasteiger partial charge in [-0.1, -0.05) is 30.3 Å². The van der Waals surface area contributed by atoms with Crippen LogP contribution in [0.2, 0.25) is 0 Å². The third-order valence-electron chi connectivity index (χ3n) is 3.59. The molecule has 1 N–H and O–H groups in total. The van der Waals surface area contributed by atoms with Crippen LogP contribution in [0, 0.1) is 0 Å². The lowest BCUT2D eigenvalue weighted by atomic mass is 10.2. The summed E-state index contributed by atoms with van der Waals surface area (Å²) in [5.74, 6) is 0.396. The number of hydrogen-bond donors (Lipinski definition) is 1. The molecule has 1 amide bonds. The first-order chi connectivity index (χ1) is 11.8. The van der Waals surface area contributed by atoms with Gasteiger partial charge in [0.25, 0.3) is 0 Å². The highest BCUT2D eigenvalue weighted by molar-refractivity contribution is 7.17. The number of benzene rings is 2. The number of rotatable bonds is 4. The average molecular weight is 335 g/mol. The Bertz CT molecular complexity index is 992. The number of carbonyl (C=O) groups excluding carboxylic acids is 1. The summed E-state index contributed by atoms with van der Waals surface area (Å²) in [5.41, 5.74) is 1.63. The first-order valence-corrected chi connectivity index (χ1v) is 8.26. The Morgan fingerprint density at radius 3 is 2.88 bits per heavy atom. The smallest absolute Gasteiger partial charge is 0.246 e. The Morgan fingerprint density at radius 2 is 2.00 bits per heavy atom. The third kappa shape index (κ3) is 2.89. The van der Waals surface area contributed by atoms with Crippen LogP contribution in [0.5, 0.6) is 0 Å². The summed E-state index contributed by atoms with van der Waals surface area (Å²) in [5, 5.41) is 17.6. The molecule has 0 aliphatic rings. The van der Waals surface area contributed by atoms with E-state index >= 15 is 0 Å². The highest BCUT2D eigenvalue weighted by atomic mass is 32.1. The number of fused-ring (bicyclic) bond motifs is 1. The molecule has 0 bridgehead atoms. The molecule has 0 fully saturated rings. The van der Waals surface area contributed by atoms with Gasteiger partial charge in [-0.3, -0.25) is 4.79 Å². The van der Waals surface area contributed by atoms with Gasteiger partial charge in [-0.15, -0.1) is 16.4 Å². The monoisotopic (exact) mass is 335 g/mol. The van der Waals surface area contributed by atoms with E-state index in [0.717, 1.165) is 16.6 Å². The maximum atomic E-state index is 12.3. The first-order valence-electron chi connectivity index (χ1n) is 7.38. The number of anilines is 1. The topological polar surface area (TPSA) is 72.7 Å². The molecule has 2 aromatic carbocycles. The van der Waals surface area contributed by atoms with E-state index in [2.05, 4.69) is 20.8 Å². The van der Waals surface area contributed by atoms with Crippen molar-refractivity contribution in [3.63, 3.8) is 0 Å². The summed E-state index contributed by atoms with van der Waals surface area (Å²) < 4.78 is 2.69. The molecule has 0 unspecified atom stereocenters. The fraction of sp³-hybridized carbons (Fsp3) is 0.0588. The fourth-order valence-corrected chi connectivity index (χ4v) is 3.26. The lowest BCUT2D eigenvalue weighted by Gasteiger charge is -2.07. The maximum Gasteiger partial charge on any atom is 0.246 e. The van der Waals surface area contributed by atoms with Gasteiger partial charge in [0.1, 0.15) is 6.54 Å². The minimum Gasteiger partial charge on any atom is -0.324 e. The van der Waals surface area contributed by atoms with E-state index in [0.29, 0.717) is 5.82 Å². The van der Waals surface area contributed by atoms with Gasteiger partial charge in [-0.2, -0.15) is 0 Å². The fourth-order valence-electron chi connectivity index (χ4n) is 2.49. The second kappa shape index (κ2) is 6.21. The van der Waals surface area contributed by atoms with E-state index < -0.39 is 0 Å².